The van der Waals surface area contributed by atoms with E-state index >= 15 is 0 Å². The van der Waals surface area contributed by atoms with Crippen LogP contribution in [0.5, 0.6) is 0 Å². The van der Waals surface area contributed by atoms with Crippen molar-refractivity contribution in [3.8, 4) is 0 Å². The number of aromatic nitrogens is 2. The summed E-state index contributed by atoms with van der Waals surface area (Å²) in [5.74, 6) is 1.40. The topological polar surface area (TPSA) is 92.5 Å². The van der Waals surface area contributed by atoms with Crippen molar-refractivity contribution in [3.63, 3.8) is 0 Å². The van der Waals surface area contributed by atoms with E-state index in [9.17, 15) is 4.79 Å². The molecule has 0 unspecified atom stereocenters. The van der Waals surface area contributed by atoms with Crippen molar-refractivity contribution in [2.45, 2.75) is 51.5 Å². The molecule has 2 aliphatic rings. The summed E-state index contributed by atoms with van der Waals surface area (Å²) in [6, 6.07) is 8.08. The number of aromatic amines is 1. The van der Waals surface area contributed by atoms with Crippen molar-refractivity contribution in [2.75, 3.05) is 6.61 Å². The highest BCUT2D eigenvalue weighted by Gasteiger charge is 2.30. The molecule has 2 aromatic heterocycles. The third kappa shape index (κ3) is 4.36. The predicted octanol–water partition coefficient (Wildman–Crippen LogP) is 4.58. The Kier molecular flexibility index (Phi) is 5.49. The standard InChI is InChI=1S/C24H28N4O3/c1-15-21(19-4-2-3-5-20(19)26-15)23(29)27-18-10-8-17(9-11-18)22(24-25-12-13-30-24)28-31-14-16-6-7-16/h2-5,12-13,16-18,26H,6-11,14H2,1H3,(H,27,29)/b28-22-. The number of benzene rings is 1. The quantitative estimate of drug-likeness (QED) is 0.432. The van der Waals surface area contributed by atoms with E-state index in [1.54, 1.807) is 12.5 Å². The van der Waals surface area contributed by atoms with Crippen molar-refractivity contribution in [3.05, 3.63) is 53.9 Å². The van der Waals surface area contributed by atoms with Gasteiger partial charge in [-0.25, -0.2) is 4.98 Å². The van der Waals surface area contributed by atoms with Gasteiger partial charge in [-0.05, 0) is 57.4 Å². The first-order chi connectivity index (χ1) is 15.2. The Balaban J connectivity index is 1.23. The lowest BCUT2D eigenvalue weighted by Gasteiger charge is -2.29. The van der Waals surface area contributed by atoms with E-state index in [1.165, 1.54) is 12.8 Å². The Labute approximate surface area is 181 Å². The molecule has 0 spiro atoms. The van der Waals surface area contributed by atoms with Gasteiger partial charge in [0.1, 0.15) is 18.6 Å². The van der Waals surface area contributed by atoms with E-state index in [2.05, 4.69) is 20.4 Å². The molecule has 2 heterocycles. The zero-order valence-corrected chi connectivity index (χ0v) is 17.8. The van der Waals surface area contributed by atoms with Gasteiger partial charge in [-0.15, -0.1) is 0 Å². The number of oxazole rings is 1. The molecule has 162 valence electrons. The summed E-state index contributed by atoms with van der Waals surface area (Å²) in [6.45, 7) is 2.62. The van der Waals surface area contributed by atoms with Crippen LogP contribution in [0.25, 0.3) is 10.9 Å². The molecule has 0 bridgehead atoms. The zero-order valence-electron chi connectivity index (χ0n) is 17.8. The fourth-order valence-corrected chi connectivity index (χ4v) is 4.47. The Morgan fingerprint density at radius 1 is 1.23 bits per heavy atom. The third-order valence-electron chi connectivity index (χ3n) is 6.39. The van der Waals surface area contributed by atoms with Crippen molar-refractivity contribution >= 4 is 22.5 Å². The summed E-state index contributed by atoms with van der Waals surface area (Å²) in [5, 5.41) is 8.63. The highest BCUT2D eigenvalue weighted by atomic mass is 16.6. The lowest BCUT2D eigenvalue weighted by molar-refractivity contribution is 0.0925. The van der Waals surface area contributed by atoms with Crippen molar-refractivity contribution in [2.24, 2.45) is 17.0 Å². The number of carbonyl (C=O) groups is 1. The van der Waals surface area contributed by atoms with Gasteiger partial charge in [0.15, 0.2) is 0 Å². The molecule has 0 radical (unpaired) electrons. The Morgan fingerprint density at radius 2 is 2.03 bits per heavy atom. The SMILES string of the molecule is Cc1[nH]c2ccccc2c1C(=O)NC1CCC(/C(=N/OCC2CC2)c2ncco2)CC1. The van der Waals surface area contributed by atoms with Crippen LogP contribution in [-0.4, -0.2) is 34.2 Å². The van der Waals surface area contributed by atoms with Crippen LogP contribution in [0, 0.1) is 18.8 Å². The molecule has 1 amide bonds. The number of amides is 1. The molecular weight excluding hydrogens is 392 g/mol. The molecule has 31 heavy (non-hydrogen) atoms. The molecule has 3 aromatic rings. The first-order valence-corrected chi connectivity index (χ1v) is 11.2. The predicted molar refractivity (Wildman–Crippen MR) is 118 cm³/mol. The van der Waals surface area contributed by atoms with Crippen LogP contribution in [0.15, 0.2) is 46.3 Å². The Hall–Kier alpha value is -3.09. The molecule has 0 aliphatic heterocycles. The number of nitrogens with one attached hydrogen (secondary N) is 2. The fraction of sp³-hybridized carbons (Fsp3) is 0.458. The minimum Gasteiger partial charge on any atom is -0.443 e. The molecule has 0 atom stereocenters. The number of fused-ring (bicyclic) bond motifs is 1. The largest absolute Gasteiger partial charge is 0.443 e. The maximum Gasteiger partial charge on any atom is 0.253 e. The van der Waals surface area contributed by atoms with Crippen LogP contribution in [0.4, 0.5) is 0 Å². The Morgan fingerprint density at radius 3 is 2.77 bits per heavy atom. The van der Waals surface area contributed by atoms with E-state index in [4.69, 9.17) is 9.25 Å². The number of carbonyl (C=O) groups excluding carboxylic acids is 1. The molecule has 2 fully saturated rings. The van der Waals surface area contributed by atoms with Gasteiger partial charge >= 0.3 is 0 Å². The number of H-pyrrole nitrogens is 1. The smallest absolute Gasteiger partial charge is 0.253 e. The number of oxime groups is 1. The van der Waals surface area contributed by atoms with Crippen LogP contribution < -0.4 is 5.32 Å². The maximum absolute atomic E-state index is 13.0. The van der Waals surface area contributed by atoms with Crippen LogP contribution in [0.1, 0.15) is 60.5 Å². The minimum atomic E-state index is -0.00671. The van der Waals surface area contributed by atoms with Crippen LogP contribution in [0.2, 0.25) is 0 Å². The van der Waals surface area contributed by atoms with Gasteiger partial charge in [0.2, 0.25) is 5.89 Å². The fourth-order valence-electron chi connectivity index (χ4n) is 4.47. The number of nitrogens with zero attached hydrogens (tertiary/aromatic N) is 2. The lowest BCUT2D eigenvalue weighted by Crippen LogP contribution is -2.39. The van der Waals surface area contributed by atoms with Crippen molar-refractivity contribution in [1.29, 1.82) is 0 Å². The van der Waals surface area contributed by atoms with E-state index < -0.39 is 0 Å². The monoisotopic (exact) mass is 420 g/mol. The van der Waals surface area contributed by atoms with Gasteiger partial charge in [-0.3, -0.25) is 4.79 Å². The molecule has 2 saturated carbocycles. The Bertz CT molecular complexity index is 1070. The molecule has 7 heteroatoms. The van der Waals surface area contributed by atoms with Gasteiger partial charge in [0, 0.05) is 28.6 Å². The molecule has 2 aliphatic carbocycles. The van der Waals surface area contributed by atoms with Gasteiger partial charge in [0.05, 0.1) is 11.8 Å². The summed E-state index contributed by atoms with van der Waals surface area (Å²) in [6.07, 6.45) is 9.26. The highest BCUT2D eigenvalue weighted by Crippen LogP contribution is 2.31. The average molecular weight is 421 g/mol. The van der Waals surface area contributed by atoms with E-state index in [0.717, 1.165) is 53.6 Å². The van der Waals surface area contributed by atoms with Gasteiger partial charge in [0.25, 0.3) is 5.91 Å². The summed E-state index contributed by atoms with van der Waals surface area (Å²) in [7, 11) is 0. The van der Waals surface area contributed by atoms with Crippen LogP contribution >= 0.6 is 0 Å². The maximum atomic E-state index is 13.0. The van der Waals surface area contributed by atoms with Crippen LogP contribution in [0.3, 0.4) is 0 Å². The second-order valence-corrected chi connectivity index (χ2v) is 8.75. The molecule has 5 rings (SSSR count). The summed E-state index contributed by atoms with van der Waals surface area (Å²) >= 11 is 0. The van der Waals surface area contributed by atoms with E-state index in [-0.39, 0.29) is 17.9 Å². The third-order valence-corrected chi connectivity index (χ3v) is 6.39. The summed E-state index contributed by atoms with van der Waals surface area (Å²) in [4.78, 5) is 26.2. The normalized spacial score (nSPS) is 21.9. The molecular formula is C24H28N4O3. The molecule has 1 aromatic carbocycles. The number of rotatable bonds is 7. The van der Waals surface area contributed by atoms with Crippen molar-refractivity contribution in [1.82, 2.24) is 15.3 Å². The molecule has 0 saturated heterocycles. The van der Waals surface area contributed by atoms with E-state index in [1.807, 2.05) is 31.2 Å². The van der Waals surface area contributed by atoms with Crippen LogP contribution in [-0.2, 0) is 4.84 Å². The second kappa shape index (κ2) is 8.57. The number of para-hydroxylation sites is 1. The first-order valence-electron chi connectivity index (χ1n) is 11.2. The number of hydrogen-bond donors (Lipinski definition) is 2. The van der Waals surface area contributed by atoms with Gasteiger partial charge < -0.3 is 19.6 Å². The van der Waals surface area contributed by atoms with Gasteiger partial charge in [-0.1, -0.05) is 23.4 Å². The minimum absolute atomic E-state index is 0.00671. The number of aryl methyl sites for hydroxylation is 1. The highest BCUT2D eigenvalue weighted by molar-refractivity contribution is 6.08. The lowest BCUT2D eigenvalue weighted by atomic mass is 9.83. The molecule has 2 N–H and O–H groups in total. The molecule has 7 nitrogen and oxygen atoms in total. The van der Waals surface area contributed by atoms with Crippen molar-refractivity contribution < 1.29 is 14.0 Å². The van der Waals surface area contributed by atoms with Gasteiger partial charge in [-0.2, -0.15) is 0 Å². The summed E-state index contributed by atoms with van der Waals surface area (Å²) in [5.41, 5.74) is 3.43. The first kappa shape index (κ1) is 19.8. The number of hydrogen-bond acceptors (Lipinski definition) is 5. The second-order valence-electron chi connectivity index (χ2n) is 8.75. The van der Waals surface area contributed by atoms with E-state index in [0.29, 0.717) is 18.4 Å². The zero-order chi connectivity index (χ0) is 21.2. The summed E-state index contributed by atoms with van der Waals surface area (Å²) < 4.78 is 5.52. The average Bonchev–Trinajstić information content (AvgIpc) is 3.30.